The first kappa shape index (κ1) is 55.6. The smallest absolute Gasteiger partial charge is 0.489 e. The third kappa shape index (κ3) is 17.2. The highest BCUT2D eigenvalue weighted by atomic mass is 35.5. The number of ether oxygens (including phenoxy) is 7. The molecule has 2 amide bonds. The molecule has 1 saturated carbocycles. The van der Waals surface area contributed by atoms with Crippen LogP contribution in [0.3, 0.4) is 0 Å². The van der Waals surface area contributed by atoms with Gasteiger partial charge in [-0.1, -0.05) is 49.7 Å². The first-order valence-corrected chi connectivity index (χ1v) is 22.8. The summed E-state index contributed by atoms with van der Waals surface area (Å²) in [6.45, 7) is 7.19. The molecule has 21 nitrogen and oxygen atoms in total. The molecule has 1 aliphatic heterocycles. The molecule has 0 bridgehead atoms. The lowest BCUT2D eigenvalue weighted by molar-refractivity contribution is -0.493. The molecular formula is C46H60ClF2N5O16. The molecule has 1 unspecified atom stereocenters. The fraction of sp³-hybridized carbons (Fsp3) is 0.522. The second-order valence-electron chi connectivity index (χ2n) is 16.8. The van der Waals surface area contributed by atoms with Crippen LogP contribution in [0.25, 0.3) is 5.57 Å². The van der Waals surface area contributed by atoms with E-state index in [1.54, 1.807) is 24.1 Å². The first-order valence-electron chi connectivity index (χ1n) is 22.4. The van der Waals surface area contributed by atoms with E-state index >= 15 is 4.79 Å². The number of hydrogen-bond acceptors (Lipinski definition) is 19. The van der Waals surface area contributed by atoms with Crippen molar-refractivity contribution in [2.24, 2.45) is 5.41 Å². The van der Waals surface area contributed by atoms with Crippen LogP contribution in [-0.4, -0.2) is 156 Å². The lowest BCUT2D eigenvalue weighted by atomic mass is 9.74. The highest BCUT2D eigenvalue weighted by Crippen LogP contribution is 2.43. The SMILES string of the molecule is Cc1c(CN(C(=O)C2=C(c3ccc(CCCOc4c(F)ccc(F)c4Cl)cc3)C(C)(C)CN(C(=O)OCCOCCON(O)O)C2)C2CC2)ccnc1OCC(C)OC(=O)OCCOCCON(O)O. The number of rotatable bonds is 28. The van der Waals surface area contributed by atoms with Gasteiger partial charge >= 0.3 is 12.2 Å². The Labute approximate surface area is 408 Å². The molecule has 1 fully saturated rings. The first-order chi connectivity index (χ1) is 33.4. The fourth-order valence-corrected chi connectivity index (χ4v) is 7.73. The van der Waals surface area contributed by atoms with Crippen molar-refractivity contribution in [1.82, 2.24) is 25.6 Å². The standard InChI is InChI=1S/C46H60ClF2N5O16/c1-30(70-45(57)66-23-19-63-21-25-69-54(60)61)28-67-42-31(2)34(15-16-50-42)26-52(35-11-12-35)43(55)36-27-51(44(56)65-22-18-62-20-24-68-53(58)59)29-46(3,4)39(36)33-9-7-32(8-10-33)6-5-17-64-41-38(49)14-13-37(48)40(41)47/h7-10,13-16,30,35,58-61H,5-6,11-12,17-29H2,1-4H3. The Bertz CT molecular complexity index is 2220. The van der Waals surface area contributed by atoms with Crippen molar-refractivity contribution < 1.29 is 86.8 Å². The second kappa shape index (κ2) is 27.3. The monoisotopic (exact) mass is 1010 g/mol. The van der Waals surface area contributed by atoms with Crippen LogP contribution < -0.4 is 9.47 Å². The highest BCUT2D eigenvalue weighted by Gasteiger charge is 2.43. The number of aromatic nitrogens is 1. The maximum absolute atomic E-state index is 15.1. The van der Waals surface area contributed by atoms with Crippen molar-refractivity contribution >= 4 is 35.3 Å². The third-order valence-electron chi connectivity index (χ3n) is 10.9. The maximum Gasteiger partial charge on any atom is 0.508 e. The van der Waals surface area contributed by atoms with Gasteiger partial charge in [0.25, 0.3) is 5.91 Å². The topological polar surface area (TPSA) is 241 Å². The third-order valence-corrected chi connectivity index (χ3v) is 11.3. The summed E-state index contributed by atoms with van der Waals surface area (Å²) >= 11 is 5.92. The van der Waals surface area contributed by atoms with Crippen LogP contribution in [0.4, 0.5) is 18.4 Å². The van der Waals surface area contributed by atoms with Crippen molar-refractivity contribution in [1.29, 1.82) is 0 Å². The van der Waals surface area contributed by atoms with E-state index in [0.717, 1.165) is 47.2 Å². The molecule has 4 N–H and O–H groups in total. The van der Waals surface area contributed by atoms with Crippen LogP contribution in [0.1, 0.15) is 62.3 Å². The molecule has 0 radical (unpaired) electrons. The lowest BCUT2D eigenvalue weighted by Gasteiger charge is -2.42. The molecule has 2 aliphatic rings. The summed E-state index contributed by atoms with van der Waals surface area (Å²) in [5, 5.41) is 33.1. The van der Waals surface area contributed by atoms with Crippen molar-refractivity contribution in [2.45, 2.75) is 72.1 Å². The Balaban J connectivity index is 1.29. The number of carbonyl (C=O) groups is 3. The van der Waals surface area contributed by atoms with Gasteiger partial charge in [0, 0.05) is 41.9 Å². The Morgan fingerprint density at radius 2 is 1.47 bits per heavy atom. The average molecular weight is 1010 g/mol. The van der Waals surface area contributed by atoms with E-state index in [4.69, 9.17) is 65.6 Å². The minimum absolute atomic E-state index is 0.00230. The van der Waals surface area contributed by atoms with E-state index in [1.165, 1.54) is 4.90 Å². The molecule has 0 spiro atoms. The number of carbonyl (C=O) groups excluding carboxylic acids is 3. The number of pyridine rings is 1. The largest absolute Gasteiger partial charge is 0.508 e. The van der Waals surface area contributed by atoms with Gasteiger partial charge in [0.2, 0.25) is 5.88 Å². The van der Waals surface area contributed by atoms with E-state index in [9.17, 15) is 18.4 Å². The van der Waals surface area contributed by atoms with E-state index < -0.39 is 51.2 Å². The zero-order chi connectivity index (χ0) is 50.8. The molecule has 2 heterocycles. The van der Waals surface area contributed by atoms with Crippen LogP contribution in [0.15, 0.2) is 54.2 Å². The molecule has 70 heavy (non-hydrogen) atoms. The van der Waals surface area contributed by atoms with Crippen molar-refractivity contribution in [3.8, 4) is 11.6 Å². The Hall–Kier alpha value is -5.31. The van der Waals surface area contributed by atoms with Gasteiger partial charge in [-0.15, -0.1) is 0 Å². The van der Waals surface area contributed by atoms with E-state index in [2.05, 4.69) is 14.7 Å². The molecule has 386 valence electrons. The van der Waals surface area contributed by atoms with Gasteiger partial charge in [0.05, 0.1) is 63.6 Å². The molecule has 1 atom stereocenters. The quantitative estimate of drug-likeness (QED) is 0.0255. The van der Waals surface area contributed by atoms with Crippen molar-refractivity contribution in [3.05, 3.63) is 93.1 Å². The molecule has 3 aromatic rings. The van der Waals surface area contributed by atoms with Gasteiger partial charge in [0.15, 0.2) is 11.6 Å². The highest BCUT2D eigenvalue weighted by molar-refractivity contribution is 6.32. The Morgan fingerprint density at radius 1 is 0.843 bits per heavy atom. The molecule has 0 saturated heterocycles. The van der Waals surface area contributed by atoms with E-state index in [0.29, 0.717) is 24.0 Å². The Kier molecular flexibility index (Phi) is 21.7. The molecule has 2 aromatic carbocycles. The van der Waals surface area contributed by atoms with Crippen LogP contribution in [-0.2, 0) is 51.1 Å². The molecule has 24 heteroatoms. The number of aryl methyl sites for hydroxylation is 1. The summed E-state index contributed by atoms with van der Waals surface area (Å²) in [7, 11) is 0. The summed E-state index contributed by atoms with van der Waals surface area (Å²) in [5.41, 5.74) is 3.53. The summed E-state index contributed by atoms with van der Waals surface area (Å²) in [5.74, 6) is -1.88. The van der Waals surface area contributed by atoms with Gasteiger partial charge in [-0.25, -0.2) is 33.0 Å². The predicted octanol–water partition coefficient (Wildman–Crippen LogP) is 6.73. The number of halogens is 3. The van der Waals surface area contributed by atoms with Crippen molar-refractivity contribution in [2.75, 3.05) is 79.2 Å². The number of nitrogens with zero attached hydrogens (tertiary/aromatic N) is 5. The lowest BCUT2D eigenvalue weighted by Crippen LogP contribution is -2.48. The average Bonchev–Trinajstić information content (AvgIpc) is 4.16. The second-order valence-corrected chi connectivity index (χ2v) is 17.2. The van der Waals surface area contributed by atoms with Gasteiger partial charge < -0.3 is 43.0 Å². The van der Waals surface area contributed by atoms with Gasteiger partial charge in [0.1, 0.15) is 36.8 Å². The minimum atomic E-state index is -0.947. The van der Waals surface area contributed by atoms with Crippen LogP contribution in [0.5, 0.6) is 11.6 Å². The number of benzene rings is 2. The number of hydrogen-bond donors (Lipinski definition) is 4. The zero-order valence-electron chi connectivity index (χ0n) is 39.4. The molecule has 1 aliphatic carbocycles. The van der Waals surface area contributed by atoms with Crippen LogP contribution >= 0.6 is 11.6 Å². The van der Waals surface area contributed by atoms with E-state index in [1.807, 2.05) is 45.0 Å². The van der Waals surface area contributed by atoms with Crippen LogP contribution in [0.2, 0.25) is 5.02 Å². The summed E-state index contributed by atoms with van der Waals surface area (Å²) in [6, 6.07) is 11.3. The van der Waals surface area contributed by atoms with Gasteiger partial charge in [-0.05, 0) is 80.0 Å². The molecule has 1 aromatic heterocycles. The Morgan fingerprint density at radius 3 is 2.11 bits per heavy atom. The fourth-order valence-electron chi connectivity index (χ4n) is 7.52. The molecule has 5 rings (SSSR count). The van der Waals surface area contributed by atoms with Crippen molar-refractivity contribution in [3.63, 3.8) is 0 Å². The van der Waals surface area contributed by atoms with E-state index in [-0.39, 0.29) is 109 Å². The summed E-state index contributed by atoms with van der Waals surface area (Å²) in [6.07, 6.45) is 1.77. The summed E-state index contributed by atoms with van der Waals surface area (Å²) < 4.78 is 65.9. The van der Waals surface area contributed by atoms with Gasteiger partial charge in [-0.3, -0.25) is 25.6 Å². The van der Waals surface area contributed by atoms with Gasteiger partial charge in [-0.2, -0.15) is 0 Å². The molecular weight excluding hydrogens is 952 g/mol. The predicted molar refractivity (Wildman–Crippen MR) is 240 cm³/mol. The number of amides is 2. The zero-order valence-corrected chi connectivity index (χ0v) is 40.1. The van der Waals surface area contributed by atoms with Crippen LogP contribution in [0, 0.1) is 24.0 Å². The minimum Gasteiger partial charge on any atom is -0.489 e. The maximum atomic E-state index is 15.1. The summed E-state index contributed by atoms with van der Waals surface area (Å²) in [4.78, 5) is 57.5. The normalized spacial score (nSPS) is 15.0.